The van der Waals surface area contributed by atoms with Crippen molar-refractivity contribution in [1.29, 1.82) is 0 Å². The standard InChI is InChI=1S/C12H14BrN3O4/c13-8-1-3-9(4-2-8)15-11(18)6-16(5-10(14)17)7-12(19)20/h1-4H,5-7H2,(H2,14,17)(H,15,18)(H,19,20). The van der Waals surface area contributed by atoms with Crippen LogP contribution in [-0.2, 0) is 14.4 Å². The summed E-state index contributed by atoms with van der Waals surface area (Å²) < 4.78 is 0.872. The summed E-state index contributed by atoms with van der Waals surface area (Å²) in [6.07, 6.45) is 0. The van der Waals surface area contributed by atoms with Gasteiger partial charge in [0.1, 0.15) is 0 Å². The summed E-state index contributed by atoms with van der Waals surface area (Å²) >= 11 is 3.27. The molecule has 0 unspecified atom stereocenters. The Morgan fingerprint density at radius 3 is 2.25 bits per heavy atom. The van der Waals surface area contributed by atoms with E-state index in [1.165, 1.54) is 0 Å². The topological polar surface area (TPSA) is 113 Å². The first kappa shape index (κ1) is 16.1. The third-order valence-electron chi connectivity index (χ3n) is 2.23. The first-order chi connectivity index (χ1) is 9.36. The molecule has 0 spiro atoms. The Balaban J connectivity index is 2.58. The number of nitrogens with two attached hydrogens (primary N) is 1. The van der Waals surface area contributed by atoms with Crippen LogP contribution in [0.3, 0.4) is 0 Å². The molecule has 1 rings (SSSR count). The van der Waals surface area contributed by atoms with E-state index in [0.29, 0.717) is 5.69 Å². The molecule has 0 heterocycles. The van der Waals surface area contributed by atoms with Gasteiger partial charge in [-0.25, -0.2) is 0 Å². The van der Waals surface area contributed by atoms with E-state index in [0.717, 1.165) is 9.37 Å². The highest BCUT2D eigenvalue weighted by molar-refractivity contribution is 9.10. The van der Waals surface area contributed by atoms with Gasteiger partial charge in [0.25, 0.3) is 0 Å². The van der Waals surface area contributed by atoms with Gasteiger partial charge in [-0.15, -0.1) is 0 Å². The zero-order valence-electron chi connectivity index (χ0n) is 10.5. The maximum Gasteiger partial charge on any atom is 0.317 e. The van der Waals surface area contributed by atoms with Gasteiger partial charge >= 0.3 is 5.97 Å². The largest absolute Gasteiger partial charge is 0.480 e. The summed E-state index contributed by atoms with van der Waals surface area (Å²) in [5, 5.41) is 11.3. The van der Waals surface area contributed by atoms with Crippen molar-refractivity contribution >= 4 is 39.4 Å². The van der Waals surface area contributed by atoms with E-state index in [9.17, 15) is 14.4 Å². The zero-order chi connectivity index (χ0) is 15.1. The highest BCUT2D eigenvalue weighted by Crippen LogP contribution is 2.13. The van der Waals surface area contributed by atoms with Crippen LogP contribution in [0.4, 0.5) is 5.69 Å². The average Bonchev–Trinajstić information content (AvgIpc) is 2.30. The molecule has 0 aliphatic heterocycles. The Morgan fingerprint density at radius 1 is 1.15 bits per heavy atom. The van der Waals surface area contributed by atoms with E-state index in [2.05, 4.69) is 21.2 Å². The molecular weight excluding hydrogens is 330 g/mol. The van der Waals surface area contributed by atoms with Crippen LogP contribution in [0.25, 0.3) is 0 Å². The van der Waals surface area contributed by atoms with Gasteiger partial charge in [-0.05, 0) is 24.3 Å². The van der Waals surface area contributed by atoms with Crippen LogP contribution in [0.2, 0.25) is 0 Å². The van der Waals surface area contributed by atoms with Crippen molar-refractivity contribution in [2.45, 2.75) is 0 Å². The number of hydrogen-bond donors (Lipinski definition) is 3. The summed E-state index contributed by atoms with van der Waals surface area (Å²) in [7, 11) is 0. The number of primary amides is 1. The van der Waals surface area contributed by atoms with E-state index in [1.807, 2.05) is 0 Å². The molecular formula is C12H14BrN3O4. The molecule has 7 nitrogen and oxygen atoms in total. The molecule has 0 saturated heterocycles. The first-order valence-electron chi connectivity index (χ1n) is 5.64. The van der Waals surface area contributed by atoms with Crippen molar-refractivity contribution in [3.8, 4) is 0 Å². The van der Waals surface area contributed by atoms with Gasteiger partial charge in [-0.1, -0.05) is 15.9 Å². The van der Waals surface area contributed by atoms with Crippen LogP contribution < -0.4 is 11.1 Å². The number of carbonyl (C=O) groups is 3. The molecule has 4 N–H and O–H groups in total. The second-order valence-corrected chi connectivity index (χ2v) is 4.98. The number of carboxylic acid groups (broad SMARTS) is 1. The number of rotatable bonds is 7. The third-order valence-corrected chi connectivity index (χ3v) is 2.76. The number of aliphatic carboxylic acids is 1. The summed E-state index contributed by atoms with van der Waals surface area (Å²) in [6.45, 7) is -0.956. The lowest BCUT2D eigenvalue weighted by Crippen LogP contribution is -2.41. The molecule has 0 aliphatic rings. The number of anilines is 1. The van der Waals surface area contributed by atoms with Crippen LogP contribution >= 0.6 is 15.9 Å². The van der Waals surface area contributed by atoms with E-state index in [1.54, 1.807) is 24.3 Å². The van der Waals surface area contributed by atoms with Gasteiger partial charge in [0.2, 0.25) is 11.8 Å². The lowest BCUT2D eigenvalue weighted by molar-refractivity contribution is -0.138. The van der Waals surface area contributed by atoms with Crippen LogP contribution in [0.15, 0.2) is 28.7 Å². The molecule has 1 aromatic carbocycles. The molecule has 0 bridgehead atoms. The average molecular weight is 344 g/mol. The normalized spacial score (nSPS) is 10.3. The molecule has 1 aromatic rings. The predicted molar refractivity (Wildman–Crippen MR) is 76.0 cm³/mol. The van der Waals surface area contributed by atoms with E-state index >= 15 is 0 Å². The number of halogens is 1. The SMILES string of the molecule is NC(=O)CN(CC(=O)O)CC(=O)Nc1ccc(Br)cc1. The third kappa shape index (κ3) is 6.30. The fourth-order valence-electron chi connectivity index (χ4n) is 1.52. The van der Waals surface area contributed by atoms with Crippen molar-refractivity contribution < 1.29 is 19.5 Å². The van der Waals surface area contributed by atoms with Crippen molar-refractivity contribution in [2.24, 2.45) is 5.73 Å². The van der Waals surface area contributed by atoms with Crippen LogP contribution in [-0.4, -0.2) is 47.4 Å². The minimum Gasteiger partial charge on any atom is -0.480 e. The van der Waals surface area contributed by atoms with Crippen molar-refractivity contribution in [2.75, 3.05) is 25.0 Å². The van der Waals surface area contributed by atoms with E-state index < -0.39 is 24.3 Å². The molecule has 0 fully saturated rings. The quantitative estimate of drug-likeness (QED) is 0.657. The van der Waals surface area contributed by atoms with Crippen LogP contribution in [0, 0.1) is 0 Å². The maximum absolute atomic E-state index is 11.8. The Bertz CT molecular complexity index is 488. The molecule has 0 aromatic heterocycles. The second-order valence-electron chi connectivity index (χ2n) is 4.06. The van der Waals surface area contributed by atoms with E-state index in [4.69, 9.17) is 10.8 Å². The molecule has 2 amide bonds. The fourth-order valence-corrected chi connectivity index (χ4v) is 1.78. The number of carboxylic acids is 1. The summed E-state index contributed by atoms with van der Waals surface area (Å²) in [5.74, 6) is -2.25. The number of benzene rings is 1. The summed E-state index contributed by atoms with van der Waals surface area (Å²) in [6, 6.07) is 6.90. The molecule has 8 heteroatoms. The van der Waals surface area contributed by atoms with Gasteiger partial charge in [0, 0.05) is 10.2 Å². The predicted octanol–water partition coefficient (Wildman–Crippen LogP) is 0.259. The number of nitrogens with one attached hydrogen (secondary N) is 1. The molecule has 0 aliphatic carbocycles. The Kier molecular flexibility index (Phi) is 6.13. The number of amides is 2. The summed E-state index contributed by atoms with van der Waals surface area (Å²) in [4.78, 5) is 34.4. The molecule has 0 radical (unpaired) electrons. The first-order valence-corrected chi connectivity index (χ1v) is 6.44. The number of hydrogen-bond acceptors (Lipinski definition) is 4. The lowest BCUT2D eigenvalue weighted by atomic mass is 10.3. The molecule has 0 atom stereocenters. The zero-order valence-corrected chi connectivity index (χ0v) is 12.1. The highest BCUT2D eigenvalue weighted by atomic mass is 79.9. The maximum atomic E-state index is 11.8. The monoisotopic (exact) mass is 343 g/mol. The fraction of sp³-hybridized carbons (Fsp3) is 0.250. The van der Waals surface area contributed by atoms with Crippen molar-refractivity contribution in [3.63, 3.8) is 0 Å². The minimum absolute atomic E-state index is 0.231. The van der Waals surface area contributed by atoms with Crippen molar-refractivity contribution in [3.05, 3.63) is 28.7 Å². The number of carbonyl (C=O) groups excluding carboxylic acids is 2. The Labute approximate surface area is 123 Å². The second kappa shape index (κ2) is 7.61. The van der Waals surface area contributed by atoms with Gasteiger partial charge < -0.3 is 16.2 Å². The Morgan fingerprint density at radius 2 is 1.75 bits per heavy atom. The van der Waals surface area contributed by atoms with Gasteiger partial charge in [0.05, 0.1) is 19.6 Å². The Hall–Kier alpha value is -1.93. The highest BCUT2D eigenvalue weighted by Gasteiger charge is 2.16. The molecule has 0 saturated carbocycles. The van der Waals surface area contributed by atoms with Gasteiger partial charge in [-0.2, -0.15) is 0 Å². The summed E-state index contributed by atoms with van der Waals surface area (Å²) in [5.41, 5.74) is 5.58. The minimum atomic E-state index is -1.14. The smallest absolute Gasteiger partial charge is 0.317 e. The molecule has 108 valence electrons. The number of nitrogens with zero attached hydrogens (tertiary/aromatic N) is 1. The van der Waals surface area contributed by atoms with Gasteiger partial charge in [0.15, 0.2) is 0 Å². The lowest BCUT2D eigenvalue weighted by Gasteiger charge is -2.17. The van der Waals surface area contributed by atoms with Crippen LogP contribution in [0.5, 0.6) is 0 Å². The van der Waals surface area contributed by atoms with Gasteiger partial charge in [-0.3, -0.25) is 19.3 Å². The molecule has 20 heavy (non-hydrogen) atoms. The van der Waals surface area contributed by atoms with Crippen LogP contribution in [0.1, 0.15) is 0 Å². The van der Waals surface area contributed by atoms with Crippen molar-refractivity contribution in [1.82, 2.24) is 4.90 Å². The van der Waals surface area contributed by atoms with E-state index in [-0.39, 0.29) is 13.1 Å².